The molecule has 5 N–H and O–H groups in total. The Hall–Kier alpha value is -0.280. The summed E-state index contributed by atoms with van der Waals surface area (Å²) < 4.78 is 15.6. The molecule has 1 saturated heterocycles. The molecule has 0 aromatic rings. The van der Waals surface area contributed by atoms with Gasteiger partial charge < -0.3 is 34.6 Å². The van der Waals surface area contributed by atoms with Gasteiger partial charge in [-0.15, -0.1) is 0 Å². The zero-order chi connectivity index (χ0) is 17.4. The standard InChI is InChI=1S/C17H30O7/c1-22-13-5-9(18)6-14-10(13)7-12(20)17(24-14)8-3-11(19)16(21)15(4-8)23-2/h8-21H,3-7H2,1-2H3/p+1. The molecule has 0 amide bonds. The number of hydrogen-bond acceptors (Lipinski definition) is 6. The smallest absolute Gasteiger partial charge is 0.184 e. The maximum Gasteiger partial charge on any atom is 0.184 e. The fourth-order valence-electron chi connectivity index (χ4n) is 4.91. The van der Waals surface area contributed by atoms with Crippen LogP contribution in [0.1, 0.15) is 32.1 Å². The summed E-state index contributed by atoms with van der Waals surface area (Å²) in [6, 6.07) is 0. The lowest BCUT2D eigenvalue weighted by Gasteiger charge is -2.47. The van der Waals surface area contributed by atoms with E-state index >= 15 is 0 Å². The highest BCUT2D eigenvalue weighted by Crippen LogP contribution is 2.41. The van der Waals surface area contributed by atoms with Crippen LogP contribution in [-0.2, 0) is 9.47 Å². The lowest BCUT2D eigenvalue weighted by Crippen LogP contribution is -2.59. The van der Waals surface area contributed by atoms with Gasteiger partial charge in [-0.05, 0) is 19.3 Å². The Kier molecular flexibility index (Phi) is 5.81. The monoisotopic (exact) mass is 347 g/mol. The minimum Gasteiger partial charge on any atom is -0.427 e. The van der Waals surface area contributed by atoms with Crippen molar-refractivity contribution < 1.29 is 34.6 Å². The Balaban J connectivity index is 1.71. The summed E-state index contributed by atoms with van der Waals surface area (Å²) >= 11 is 0. The van der Waals surface area contributed by atoms with E-state index in [1.165, 1.54) is 7.11 Å². The molecule has 0 aromatic carbocycles. The average molecular weight is 347 g/mol. The Bertz CT molecular complexity index is 420. The third-order valence-corrected chi connectivity index (χ3v) is 6.20. The molecule has 0 spiro atoms. The maximum atomic E-state index is 10.7. The minimum absolute atomic E-state index is 0.0305. The molecule has 3 rings (SSSR count). The summed E-state index contributed by atoms with van der Waals surface area (Å²) in [6.45, 7) is 0. The molecule has 3 aliphatic rings. The van der Waals surface area contributed by atoms with Gasteiger partial charge in [0.25, 0.3) is 0 Å². The molecule has 2 saturated carbocycles. The van der Waals surface area contributed by atoms with E-state index in [2.05, 4.69) is 0 Å². The van der Waals surface area contributed by atoms with Crippen LogP contribution in [-0.4, -0.2) is 88.2 Å². The normalized spacial score (nSPS) is 52.8. The predicted molar refractivity (Wildman–Crippen MR) is 85.5 cm³/mol. The summed E-state index contributed by atoms with van der Waals surface area (Å²) in [7, 11) is 3.16. The second kappa shape index (κ2) is 7.53. The van der Waals surface area contributed by atoms with E-state index < -0.39 is 30.5 Å². The summed E-state index contributed by atoms with van der Waals surface area (Å²) in [5, 5.41) is 40.8. The van der Waals surface area contributed by atoms with Crippen LogP contribution in [0.3, 0.4) is 0 Å². The van der Waals surface area contributed by atoms with Crippen molar-refractivity contribution >= 4 is 0 Å². The van der Waals surface area contributed by atoms with Gasteiger partial charge in [0.15, 0.2) is 12.2 Å². The molecule has 0 radical (unpaired) electrons. The quantitative estimate of drug-likeness (QED) is 0.485. The Labute approximate surface area is 142 Å². The molecule has 10 atom stereocenters. The molecular weight excluding hydrogens is 316 g/mol. The highest BCUT2D eigenvalue weighted by atomic mass is 16.5. The first-order valence-corrected chi connectivity index (χ1v) is 8.92. The first kappa shape index (κ1) is 18.5. The summed E-state index contributed by atoms with van der Waals surface area (Å²) in [6.07, 6.45) is -0.886. The summed E-state index contributed by atoms with van der Waals surface area (Å²) in [5.74, 6) is 0.0892. The van der Waals surface area contributed by atoms with E-state index in [0.717, 1.165) is 0 Å². The Morgan fingerprint density at radius 1 is 0.792 bits per heavy atom. The molecule has 7 nitrogen and oxygen atoms in total. The highest BCUT2D eigenvalue weighted by Gasteiger charge is 2.53. The van der Waals surface area contributed by atoms with E-state index in [1.807, 2.05) is 0 Å². The molecule has 0 bridgehead atoms. The van der Waals surface area contributed by atoms with Gasteiger partial charge in [-0.3, -0.25) is 0 Å². The van der Waals surface area contributed by atoms with Gasteiger partial charge in [0.05, 0.1) is 30.3 Å². The fraction of sp³-hybridized carbons (Fsp3) is 1.00. The molecule has 2 aliphatic carbocycles. The number of aliphatic hydroxyl groups excluding tert-OH is 4. The number of methoxy groups -OCH3 is 2. The molecular formula is C17H31O7+. The molecule has 140 valence electrons. The second-order valence-electron chi connectivity index (χ2n) is 7.64. The van der Waals surface area contributed by atoms with Crippen molar-refractivity contribution in [2.24, 2.45) is 11.8 Å². The topological polar surface area (TPSA) is 112 Å². The number of aliphatic hydroxyl groups is 6. The van der Waals surface area contributed by atoms with Crippen LogP contribution in [0.4, 0.5) is 0 Å². The third kappa shape index (κ3) is 3.49. The van der Waals surface area contributed by atoms with E-state index in [9.17, 15) is 20.4 Å². The van der Waals surface area contributed by atoms with Crippen molar-refractivity contribution in [3.05, 3.63) is 0 Å². The zero-order valence-corrected chi connectivity index (χ0v) is 14.4. The van der Waals surface area contributed by atoms with Crippen LogP contribution in [0.5, 0.6) is 0 Å². The number of ether oxygens (including phenoxy) is 3. The average Bonchev–Trinajstić information content (AvgIpc) is 2.56. The van der Waals surface area contributed by atoms with Crippen molar-refractivity contribution in [1.82, 2.24) is 0 Å². The van der Waals surface area contributed by atoms with Crippen LogP contribution in [0.2, 0.25) is 0 Å². The SMILES string of the molecule is COC1CC(C2[OH+]C3CC(O)CC(OC)C3CC2O)CC(O)C1O. The van der Waals surface area contributed by atoms with Gasteiger partial charge in [0.1, 0.15) is 12.2 Å². The minimum atomic E-state index is -0.894. The van der Waals surface area contributed by atoms with E-state index in [4.69, 9.17) is 14.2 Å². The molecule has 24 heavy (non-hydrogen) atoms. The van der Waals surface area contributed by atoms with Crippen molar-refractivity contribution in [2.75, 3.05) is 14.2 Å². The Morgan fingerprint density at radius 2 is 1.50 bits per heavy atom. The Morgan fingerprint density at radius 3 is 2.17 bits per heavy atom. The maximum absolute atomic E-state index is 10.7. The molecule has 1 heterocycles. The molecule has 7 heteroatoms. The summed E-state index contributed by atoms with van der Waals surface area (Å²) in [5.41, 5.74) is 0. The van der Waals surface area contributed by atoms with Crippen LogP contribution in [0, 0.1) is 11.8 Å². The molecule has 0 aromatic heterocycles. The lowest BCUT2D eigenvalue weighted by molar-refractivity contribution is -0.301. The van der Waals surface area contributed by atoms with Crippen LogP contribution in [0.25, 0.3) is 0 Å². The van der Waals surface area contributed by atoms with Gasteiger partial charge in [-0.2, -0.15) is 0 Å². The van der Waals surface area contributed by atoms with Crippen LogP contribution < -0.4 is 0 Å². The zero-order valence-electron chi connectivity index (χ0n) is 14.4. The lowest BCUT2D eigenvalue weighted by atomic mass is 9.72. The first-order chi connectivity index (χ1) is 11.4. The predicted octanol–water partition coefficient (Wildman–Crippen LogP) is -1.05. The first-order valence-electron chi connectivity index (χ1n) is 8.92. The second-order valence-corrected chi connectivity index (χ2v) is 7.64. The highest BCUT2D eigenvalue weighted by molar-refractivity contribution is 4.98. The number of hydrogen-bond donors (Lipinski definition) is 4. The number of rotatable bonds is 3. The largest absolute Gasteiger partial charge is 0.427 e. The van der Waals surface area contributed by atoms with E-state index in [0.29, 0.717) is 32.1 Å². The molecule has 3 fully saturated rings. The third-order valence-electron chi connectivity index (χ3n) is 6.20. The van der Waals surface area contributed by atoms with E-state index in [1.54, 1.807) is 7.11 Å². The fourth-order valence-corrected chi connectivity index (χ4v) is 4.91. The van der Waals surface area contributed by atoms with Crippen molar-refractivity contribution in [2.45, 2.75) is 80.9 Å². The van der Waals surface area contributed by atoms with E-state index in [-0.39, 0.29) is 30.1 Å². The van der Waals surface area contributed by atoms with Gasteiger partial charge >= 0.3 is 0 Å². The van der Waals surface area contributed by atoms with Gasteiger partial charge in [-0.1, -0.05) is 0 Å². The van der Waals surface area contributed by atoms with Gasteiger partial charge in [0.2, 0.25) is 0 Å². The van der Waals surface area contributed by atoms with Gasteiger partial charge in [-0.25, -0.2) is 0 Å². The van der Waals surface area contributed by atoms with Crippen LogP contribution >= 0.6 is 0 Å². The number of fused-ring (bicyclic) bond motifs is 1. The molecule has 1 aliphatic heterocycles. The van der Waals surface area contributed by atoms with Gasteiger partial charge in [0, 0.05) is 33.0 Å². The molecule has 10 unspecified atom stereocenters. The van der Waals surface area contributed by atoms with Crippen molar-refractivity contribution in [1.29, 1.82) is 0 Å². The van der Waals surface area contributed by atoms with Crippen LogP contribution in [0.15, 0.2) is 0 Å². The van der Waals surface area contributed by atoms with Crippen molar-refractivity contribution in [3.63, 3.8) is 0 Å². The van der Waals surface area contributed by atoms with Crippen molar-refractivity contribution in [3.8, 4) is 0 Å². The summed E-state index contributed by atoms with van der Waals surface area (Å²) in [4.78, 5) is 0.